The lowest BCUT2D eigenvalue weighted by atomic mass is 10.1. The van der Waals surface area contributed by atoms with Crippen molar-refractivity contribution in [2.45, 2.75) is 19.9 Å². The van der Waals surface area contributed by atoms with Crippen LogP contribution >= 0.6 is 23.2 Å². The minimum absolute atomic E-state index is 0.365. The average Bonchev–Trinajstić information content (AvgIpc) is 2.27. The molecule has 0 aliphatic heterocycles. The van der Waals surface area contributed by atoms with Gasteiger partial charge in [0.25, 0.3) is 0 Å². The molecule has 0 heterocycles. The smallest absolute Gasteiger partial charge is 0.0409 e. The van der Waals surface area contributed by atoms with Crippen LogP contribution < -0.4 is 0 Å². The third-order valence-electron chi connectivity index (χ3n) is 2.86. The fourth-order valence-electron chi connectivity index (χ4n) is 1.72. The maximum Gasteiger partial charge on any atom is 0.0409 e. The first-order valence-corrected chi connectivity index (χ1v) is 6.47. The summed E-state index contributed by atoms with van der Waals surface area (Å²) in [6, 6.07) is 8.39. The summed E-state index contributed by atoms with van der Waals surface area (Å²) < 4.78 is 0. The zero-order valence-corrected chi connectivity index (χ0v) is 11.6. The molecule has 1 nitrogen and oxygen atoms in total. The predicted molar refractivity (Wildman–Crippen MR) is 72.4 cm³/mol. The van der Waals surface area contributed by atoms with Gasteiger partial charge >= 0.3 is 0 Å². The molecule has 0 amide bonds. The van der Waals surface area contributed by atoms with Gasteiger partial charge in [-0.25, -0.2) is 0 Å². The summed E-state index contributed by atoms with van der Waals surface area (Å²) >= 11 is 11.8. The Morgan fingerprint density at radius 1 is 1.31 bits per heavy atom. The first-order valence-electron chi connectivity index (χ1n) is 5.56. The van der Waals surface area contributed by atoms with E-state index in [1.54, 1.807) is 0 Å². The fraction of sp³-hybridized carbons (Fsp3) is 0.538. The highest BCUT2D eigenvalue weighted by atomic mass is 35.5. The molecule has 90 valence electrons. The quantitative estimate of drug-likeness (QED) is 0.717. The third-order valence-corrected chi connectivity index (χ3v) is 3.62. The van der Waals surface area contributed by atoms with Crippen molar-refractivity contribution in [3.8, 4) is 0 Å². The van der Waals surface area contributed by atoms with Crippen LogP contribution in [-0.4, -0.2) is 24.4 Å². The van der Waals surface area contributed by atoms with Crippen LogP contribution in [0.5, 0.6) is 0 Å². The van der Waals surface area contributed by atoms with Crippen LogP contribution in [0, 0.1) is 5.92 Å². The van der Waals surface area contributed by atoms with Crippen molar-refractivity contribution >= 4 is 23.2 Å². The van der Waals surface area contributed by atoms with E-state index in [0.717, 1.165) is 11.6 Å². The minimum Gasteiger partial charge on any atom is -0.299 e. The Morgan fingerprint density at radius 3 is 2.56 bits per heavy atom. The van der Waals surface area contributed by atoms with E-state index in [2.05, 4.69) is 31.9 Å². The number of alkyl halides is 1. The Labute approximate surface area is 108 Å². The Balaban J connectivity index is 2.66. The minimum atomic E-state index is 0.365. The van der Waals surface area contributed by atoms with E-state index in [-0.39, 0.29) is 0 Å². The second-order valence-electron chi connectivity index (χ2n) is 4.43. The Kier molecular flexibility index (Phi) is 5.60. The molecule has 16 heavy (non-hydrogen) atoms. The molecule has 0 saturated heterocycles. The lowest BCUT2D eigenvalue weighted by Crippen LogP contribution is -2.28. The first-order chi connectivity index (χ1) is 7.54. The second-order valence-corrected chi connectivity index (χ2v) is 5.18. The van der Waals surface area contributed by atoms with Gasteiger partial charge in [-0.3, -0.25) is 4.90 Å². The topological polar surface area (TPSA) is 3.24 Å². The third kappa shape index (κ3) is 3.97. The molecule has 0 spiro atoms. The van der Waals surface area contributed by atoms with Crippen LogP contribution in [0.1, 0.15) is 25.5 Å². The summed E-state index contributed by atoms with van der Waals surface area (Å²) in [5, 5.41) is 0.795. The highest BCUT2D eigenvalue weighted by Gasteiger charge is 2.14. The van der Waals surface area contributed by atoms with Gasteiger partial charge in [-0.1, -0.05) is 30.7 Å². The van der Waals surface area contributed by atoms with Crippen molar-refractivity contribution in [2.24, 2.45) is 5.92 Å². The van der Waals surface area contributed by atoms with Crippen molar-refractivity contribution in [1.29, 1.82) is 0 Å². The number of hydrogen-bond acceptors (Lipinski definition) is 1. The van der Waals surface area contributed by atoms with Gasteiger partial charge in [0.15, 0.2) is 0 Å². The Morgan fingerprint density at radius 2 is 2.00 bits per heavy atom. The van der Waals surface area contributed by atoms with Crippen molar-refractivity contribution in [1.82, 2.24) is 4.90 Å². The van der Waals surface area contributed by atoms with Crippen LogP contribution in [0.3, 0.4) is 0 Å². The van der Waals surface area contributed by atoms with E-state index >= 15 is 0 Å². The molecule has 0 radical (unpaired) electrons. The van der Waals surface area contributed by atoms with Crippen LogP contribution in [-0.2, 0) is 0 Å². The molecule has 1 rings (SSSR count). The molecule has 1 aromatic carbocycles. The zero-order valence-electron chi connectivity index (χ0n) is 10.1. The molecule has 0 aliphatic rings. The number of rotatable bonds is 5. The monoisotopic (exact) mass is 259 g/mol. The van der Waals surface area contributed by atoms with Gasteiger partial charge in [0, 0.05) is 23.5 Å². The van der Waals surface area contributed by atoms with E-state index in [4.69, 9.17) is 23.2 Å². The molecule has 2 atom stereocenters. The first kappa shape index (κ1) is 13.8. The summed E-state index contributed by atoms with van der Waals surface area (Å²) in [5.41, 5.74) is 1.25. The highest BCUT2D eigenvalue weighted by Crippen LogP contribution is 2.22. The lowest BCUT2D eigenvalue weighted by Gasteiger charge is -2.27. The lowest BCUT2D eigenvalue weighted by molar-refractivity contribution is 0.234. The van der Waals surface area contributed by atoms with Crippen LogP contribution in [0.4, 0.5) is 0 Å². The maximum atomic E-state index is 5.99. The average molecular weight is 260 g/mol. The van der Waals surface area contributed by atoms with E-state index in [0.29, 0.717) is 17.8 Å². The van der Waals surface area contributed by atoms with Gasteiger partial charge < -0.3 is 0 Å². The van der Waals surface area contributed by atoms with Crippen molar-refractivity contribution in [3.63, 3.8) is 0 Å². The van der Waals surface area contributed by atoms with Crippen LogP contribution in [0.25, 0.3) is 0 Å². The molecule has 3 heteroatoms. The summed E-state index contributed by atoms with van der Waals surface area (Å²) in [7, 11) is 2.12. The SMILES string of the molecule is CC(CCl)CN(C)C(C)c1cccc(Cl)c1. The van der Waals surface area contributed by atoms with Crippen molar-refractivity contribution < 1.29 is 0 Å². The predicted octanol–water partition coefficient (Wildman–Crippen LogP) is 4.21. The molecule has 1 aromatic rings. The molecule has 0 aliphatic carbocycles. The summed E-state index contributed by atoms with van der Waals surface area (Å²) in [6.45, 7) is 5.35. The molecular formula is C13H19Cl2N. The zero-order chi connectivity index (χ0) is 12.1. The largest absolute Gasteiger partial charge is 0.299 e. The van der Waals surface area contributed by atoms with E-state index in [1.165, 1.54) is 5.56 Å². The Bertz CT molecular complexity index is 327. The molecule has 0 bridgehead atoms. The van der Waals surface area contributed by atoms with Gasteiger partial charge in [0.05, 0.1) is 0 Å². The molecule has 0 saturated carbocycles. The number of halogens is 2. The standard InChI is InChI=1S/C13H19Cl2N/c1-10(8-14)9-16(3)11(2)12-5-4-6-13(15)7-12/h4-7,10-11H,8-9H2,1-3H3. The van der Waals surface area contributed by atoms with Gasteiger partial charge in [-0.15, -0.1) is 11.6 Å². The van der Waals surface area contributed by atoms with E-state index < -0.39 is 0 Å². The van der Waals surface area contributed by atoms with Crippen molar-refractivity contribution in [3.05, 3.63) is 34.9 Å². The number of nitrogens with zero attached hydrogens (tertiary/aromatic N) is 1. The van der Waals surface area contributed by atoms with Crippen molar-refractivity contribution in [2.75, 3.05) is 19.5 Å². The van der Waals surface area contributed by atoms with Crippen LogP contribution in [0.2, 0.25) is 5.02 Å². The molecule has 0 fully saturated rings. The molecular weight excluding hydrogens is 241 g/mol. The van der Waals surface area contributed by atoms with Gasteiger partial charge in [-0.2, -0.15) is 0 Å². The summed E-state index contributed by atoms with van der Waals surface area (Å²) in [6.07, 6.45) is 0. The Hall–Kier alpha value is -0.240. The van der Waals surface area contributed by atoms with Gasteiger partial charge in [0.2, 0.25) is 0 Å². The normalized spacial score (nSPS) is 15.1. The highest BCUT2D eigenvalue weighted by molar-refractivity contribution is 6.30. The fourth-order valence-corrected chi connectivity index (χ4v) is 2.02. The number of benzene rings is 1. The molecule has 2 unspecified atom stereocenters. The summed E-state index contributed by atoms with van der Waals surface area (Å²) in [4.78, 5) is 2.30. The number of hydrogen-bond donors (Lipinski definition) is 0. The molecule has 0 aromatic heterocycles. The van der Waals surface area contributed by atoms with Gasteiger partial charge in [-0.05, 0) is 37.6 Å². The van der Waals surface area contributed by atoms with E-state index in [1.807, 2.05) is 18.2 Å². The maximum absolute atomic E-state index is 5.99. The van der Waals surface area contributed by atoms with Gasteiger partial charge in [0.1, 0.15) is 0 Å². The van der Waals surface area contributed by atoms with E-state index in [9.17, 15) is 0 Å². The van der Waals surface area contributed by atoms with Crippen LogP contribution in [0.15, 0.2) is 24.3 Å². The summed E-state index contributed by atoms with van der Waals surface area (Å²) in [5.74, 6) is 1.21. The molecule has 0 N–H and O–H groups in total. The second kappa shape index (κ2) is 6.48.